The number of carboxylic acid groups (broad SMARTS) is 1. The smallest absolute Gasteiger partial charge is 0.416 e. The van der Waals surface area contributed by atoms with E-state index in [2.05, 4.69) is 5.32 Å². The van der Waals surface area contributed by atoms with Gasteiger partial charge in [0.05, 0.1) is 36.8 Å². The van der Waals surface area contributed by atoms with Crippen LogP contribution in [-0.2, 0) is 33.3 Å². The van der Waals surface area contributed by atoms with E-state index >= 15 is 0 Å². The normalized spacial score (nSPS) is 16.3. The Bertz CT molecular complexity index is 1050. The lowest BCUT2D eigenvalue weighted by Gasteiger charge is -2.29. The van der Waals surface area contributed by atoms with Crippen LogP contribution in [0.3, 0.4) is 0 Å². The number of benzene rings is 2. The third kappa shape index (κ3) is 8.73. The topological polar surface area (TPSA) is 78.9 Å². The van der Waals surface area contributed by atoms with Crippen molar-refractivity contribution in [2.45, 2.75) is 37.7 Å². The molecule has 1 fully saturated rings. The van der Waals surface area contributed by atoms with E-state index in [1.165, 1.54) is 0 Å². The van der Waals surface area contributed by atoms with E-state index in [1.54, 1.807) is 30.3 Å². The van der Waals surface area contributed by atoms with Crippen molar-refractivity contribution in [1.29, 1.82) is 0 Å². The molecule has 0 spiro atoms. The quantitative estimate of drug-likeness (QED) is 0.413. The first kappa shape index (κ1) is 29.4. The zero-order valence-corrected chi connectivity index (χ0v) is 20.3. The minimum atomic E-state index is -4.95. The highest BCUT2D eigenvalue weighted by atomic mass is 19.4. The first-order valence-corrected chi connectivity index (χ1v) is 12.0. The Labute approximate surface area is 215 Å². The maximum atomic E-state index is 13.1. The number of ether oxygens (including phenoxy) is 1. The van der Waals surface area contributed by atoms with Crippen LogP contribution in [0.15, 0.2) is 48.5 Å². The lowest BCUT2D eigenvalue weighted by atomic mass is 9.97. The molecular weight excluding hydrogens is 518 g/mol. The minimum absolute atomic E-state index is 0.0636. The fourth-order valence-corrected chi connectivity index (χ4v) is 4.25. The zero-order chi connectivity index (χ0) is 27.9. The van der Waals surface area contributed by atoms with Crippen molar-refractivity contribution >= 4 is 11.9 Å². The van der Waals surface area contributed by atoms with Gasteiger partial charge in [-0.1, -0.05) is 30.3 Å². The van der Waals surface area contributed by atoms with Crippen LogP contribution in [0.4, 0.5) is 26.3 Å². The summed E-state index contributed by atoms with van der Waals surface area (Å²) in [4.78, 5) is 25.4. The Hall–Kier alpha value is -3.12. The van der Waals surface area contributed by atoms with E-state index in [0.717, 1.165) is 5.56 Å². The molecule has 2 N–H and O–H groups in total. The number of carbonyl (C=O) groups excluding carboxylic acids is 1. The van der Waals surface area contributed by atoms with Gasteiger partial charge in [-0.3, -0.25) is 14.5 Å². The van der Waals surface area contributed by atoms with Crippen LogP contribution in [0.1, 0.15) is 41.0 Å². The Morgan fingerprint density at radius 1 is 0.974 bits per heavy atom. The van der Waals surface area contributed by atoms with Crippen molar-refractivity contribution in [3.63, 3.8) is 0 Å². The molecule has 1 amide bonds. The summed E-state index contributed by atoms with van der Waals surface area (Å²) in [5, 5.41) is 11.9. The molecule has 0 bridgehead atoms. The van der Waals surface area contributed by atoms with Gasteiger partial charge in [-0.05, 0) is 55.3 Å². The molecule has 1 saturated heterocycles. The van der Waals surface area contributed by atoms with Gasteiger partial charge < -0.3 is 15.2 Å². The summed E-state index contributed by atoms with van der Waals surface area (Å²) >= 11 is 0. The largest absolute Gasteiger partial charge is 0.481 e. The van der Waals surface area contributed by atoms with Gasteiger partial charge in [0, 0.05) is 12.5 Å². The first-order chi connectivity index (χ1) is 17.8. The van der Waals surface area contributed by atoms with Crippen LogP contribution < -0.4 is 5.32 Å². The van der Waals surface area contributed by atoms with Crippen LogP contribution in [-0.4, -0.2) is 54.7 Å². The molecule has 1 aliphatic heterocycles. The number of carbonyl (C=O) groups is 2. The number of rotatable bonds is 10. The number of hydrogen-bond donors (Lipinski definition) is 2. The highest BCUT2D eigenvalue weighted by molar-refractivity contribution is 5.78. The van der Waals surface area contributed by atoms with E-state index in [9.17, 15) is 35.9 Å². The molecule has 0 aliphatic carbocycles. The molecule has 1 atom stereocenters. The van der Waals surface area contributed by atoms with Crippen LogP contribution in [0.5, 0.6) is 0 Å². The number of aliphatic carboxylic acids is 1. The number of nitrogens with zero attached hydrogens (tertiary/aromatic N) is 1. The van der Waals surface area contributed by atoms with Crippen LogP contribution in [0, 0.1) is 5.92 Å². The van der Waals surface area contributed by atoms with E-state index in [1.807, 2.05) is 4.90 Å². The molecule has 1 aliphatic rings. The molecule has 3 rings (SSSR count). The van der Waals surface area contributed by atoms with Gasteiger partial charge in [0.25, 0.3) is 0 Å². The van der Waals surface area contributed by atoms with Gasteiger partial charge >= 0.3 is 18.3 Å². The van der Waals surface area contributed by atoms with Crippen molar-refractivity contribution in [2.75, 3.05) is 32.8 Å². The Morgan fingerprint density at radius 2 is 1.55 bits per heavy atom. The lowest BCUT2D eigenvalue weighted by molar-refractivity contribution is -0.144. The second-order valence-electron chi connectivity index (χ2n) is 9.23. The van der Waals surface area contributed by atoms with E-state index in [4.69, 9.17) is 9.84 Å². The summed E-state index contributed by atoms with van der Waals surface area (Å²) in [5.74, 6) is -1.96. The second kappa shape index (κ2) is 12.6. The molecular formula is C26H28F6N2O4. The standard InChI is InChI=1S/C26H28F6N2O4/c27-25(28,29)21-10-17(11-22(12-21)26(30,31)32)15-38-16-20(18-4-2-1-3-5-18)13-33-23(35)14-34-8-6-19(7-9-34)24(36)37/h1-5,10-12,19-20H,6-9,13-16H2,(H,33,35)(H,36,37). The zero-order valence-electron chi connectivity index (χ0n) is 20.3. The van der Waals surface area contributed by atoms with Gasteiger partial charge in [-0.25, -0.2) is 0 Å². The average molecular weight is 547 g/mol. The van der Waals surface area contributed by atoms with Crippen molar-refractivity contribution in [1.82, 2.24) is 10.2 Å². The predicted molar refractivity (Wildman–Crippen MR) is 125 cm³/mol. The fraction of sp³-hybridized carbons (Fsp3) is 0.462. The highest BCUT2D eigenvalue weighted by Gasteiger charge is 2.37. The van der Waals surface area contributed by atoms with E-state index in [0.29, 0.717) is 38.1 Å². The number of likely N-dealkylation sites (tertiary alicyclic amines) is 1. The molecule has 1 heterocycles. The number of alkyl halides is 6. The number of carboxylic acids is 1. The maximum absolute atomic E-state index is 13.1. The molecule has 1 unspecified atom stereocenters. The molecule has 0 aromatic heterocycles. The number of amides is 1. The molecule has 0 radical (unpaired) electrons. The summed E-state index contributed by atoms with van der Waals surface area (Å²) in [7, 11) is 0. The van der Waals surface area contributed by atoms with Crippen molar-refractivity contribution in [3.8, 4) is 0 Å². The number of piperidine rings is 1. The number of hydrogen-bond acceptors (Lipinski definition) is 4. The third-order valence-corrected chi connectivity index (χ3v) is 6.36. The van der Waals surface area contributed by atoms with E-state index in [-0.39, 0.29) is 37.2 Å². The second-order valence-corrected chi connectivity index (χ2v) is 9.23. The van der Waals surface area contributed by atoms with Gasteiger partial charge in [-0.15, -0.1) is 0 Å². The molecule has 0 saturated carbocycles. The average Bonchev–Trinajstić information content (AvgIpc) is 2.85. The summed E-state index contributed by atoms with van der Waals surface area (Å²) in [6.45, 7) is 0.623. The van der Waals surface area contributed by atoms with E-state index < -0.39 is 47.9 Å². The lowest BCUT2D eigenvalue weighted by Crippen LogP contribution is -2.43. The van der Waals surface area contributed by atoms with Crippen LogP contribution in [0.25, 0.3) is 0 Å². The molecule has 6 nitrogen and oxygen atoms in total. The SMILES string of the molecule is O=C(CN1CCC(C(=O)O)CC1)NCC(COCc1cc(C(F)(F)F)cc(C(F)(F)F)c1)c1ccccc1. The first-order valence-electron chi connectivity index (χ1n) is 12.0. The summed E-state index contributed by atoms with van der Waals surface area (Å²) in [5.41, 5.74) is -2.32. The van der Waals surface area contributed by atoms with Crippen LogP contribution in [0.2, 0.25) is 0 Å². The van der Waals surface area contributed by atoms with Crippen molar-refractivity contribution < 1.29 is 45.8 Å². The third-order valence-electron chi connectivity index (χ3n) is 6.36. The predicted octanol–water partition coefficient (Wildman–Crippen LogP) is 4.94. The maximum Gasteiger partial charge on any atom is 0.416 e. The fourth-order valence-electron chi connectivity index (χ4n) is 4.25. The van der Waals surface area contributed by atoms with Gasteiger partial charge in [-0.2, -0.15) is 26.3 Å². The molecule has 2 aromatic carbocycles. The monoisotopic (exact) mass is 546 g/mol. The van der Waals surface area contributed by atoms with Crippen molar-refractivity contribution in [3.05, 3.63) is 70.8 Å². The summed E-state index contributed by atoms with van der Waals surface area (Å²) in [6, 6.07) is 10.2. The molecule has 208 valence electrons. The Morgan fingerprint density at radius 3 is 2.08 bits per heavy atom. The number of nitrogens with one attached hydrogen (secondary N) is 1. The van der Waals surface area contributed by atoms with Gasteiger partial charge in [0.2, 0.25) is 5.91 Å². The Kier molecular flexibility index (Phi) is 9.77. The summed E-state index contributed by atoms with van der Waals surface area (Å²) < 4.78 is 84.3. The highest BCUT2D eigenvalue weighted by Crippen LogP contribution is 2.36. The van der Waals surface area contributed by atoms with Crippen LogP contribution >= 0.6 is 0 Å². The summed E-state index contributed by atoms with van der Waals surface area (Å²) in [6.07, 6.45) is -8.99. The minimum Gasteiger partial charge on any atom is -0.481 e. The van der Waals surface area contributed by atoms with Gasteiger partial charge in [0.15, 0.2) is 0 Å². The Balaban J connectivity index is 1.60. The number of halogens is 6. The molecule has 2 aromatic rings. The molecule has 38 heavy (non-hydrogen) atoms. The van der Waals surface area contributed by atoms with Crippen molar-refractivity contribution in [2.24, 2.45) is 5.92 Å². The molecule has 12 heteroatoms. The van der Waals surface area contributed by atoms with Gasteiger partial charge in [0.1, 0.15) is 0 Å².